The molecule has 0 aliphatic heterocycles. The van der Waals surface area contributed by atoms with Crippen molar-refractivity contribution in [2.24, 2.45) is 0 Å². The minimum atomic E-state index is -0.220. The van der Waals surface area contributed by atoms with Gasteiger partial charge in [-0.3, -0.25) is 4.68 Å². The van der Waals surface area contributed by atoms with Gasteiger partial charge in [0, 0.05) is 12.7 Å². The van der Waals surface area contributed by atoms with Gasteiger partial charge in [-0.25, -0.2) is 4.39 Å². The van der Waals surface area contributed by atoms with E-state index in [0.717, 1.165) is 24.2 Å². The molecule has 96 valence electrons. The van der Waals surface area contributed by atoms with Gasteiger partial charge >= 0.3 is 0 Å². The summed E-state index contributed by atoms with van der Waals surface area (Å²) in [5.74, 6) is -0.220. The second kappa shape index (κ2) is 5.67. The summed E-state index contributed by atoms with van der Waals surface area (Å²) in [6.07, 6.45) is 2.81. The minimum Gasteiger partial charge on any atom is -0.377 e. The summed E-state index contributed by atoms with van der Waals surface area (Å²) in [5, 5.41) is 7.36. The molecule has 0 saturated carbocycles. The topological polar surface area (TPSA) is 29.9 Å². The van der Waals surface area contributed by atoms with E-state index in [-0.39, 0.29) is 5.82 Å². The van der Waals surface area contributed by atoms with Gasteiger partial charge < -0.3 is 5.32 Å². The number of aromatic nitrogens is 2. The zero-order valence-corrected chi connectivity index (χ0v) is 10.8. The standard InChI is InChI=1S/C14H18FN3/c1-3-8-18-12(6-7-17-18)10-16-14-9-11(2)4-5-13(14)15/h4-7,9,16H,3,8,10H2,1-2H3. The van der Waals surface area contributed by atoms with Gasteiger partial charge in [-0.1, -0.05) is 13.0 Å². The van der Waals surface area contributed by atoms with Crippen LogP contribution in [0.1, 0.15) is 24.6 Å². The number of rotatable bonds is 5. The lowest BCUT2D eigenvalue weighted by Gasteiger charge is -2.10. The van der Waals surface area contributed by atoms with Gasteiger partial charge in [-0.15, -0.1) is 0 Å². The maximum absolute atomic E-state index is 13.6. The van der Waals surface area contributed by atoms with Crippen molar-refractivity contribution >= 4 is 5.69 Å². The molecule has 1 N–H and O–H groups in total. The van der Waals surface area contributed by atoms with Crippen LogP contribution in [0.4, 0.5) is 10.1 Å². The highest BCUT2D eigenvalue weighted by Crippen LogP contribution is 2.16. The van der Waals surface area contributed by atoms with Crippen LogP contribution in [0.2, 0.25) is 0 Å². The second-order valence-corrected chi connectivity index (χ2v) is 4.38. The predicted molar refractivity (Wildman–Crippen MR) is 71.0 cm³/mol. The van der Waals surface area contributed by atoms with Crippen molar-refractivity contribution in [3.05, 3.63) is 47.5 Å². The van der Waals surface area contributed by atoms with Crippen molar-refractivity contribution in [2.45, 2.75) is 33.4 Å². The molecule has 0 fully saturated rings. The van der Waals surface area contributed by atoms with Gasteiger partial charge in [0.25, 0.3) is 0 Å². The number of hydrogen-bond acceptors (Lipinski definition) is 2. The summed E-state index contributed by atoms with van der Waals surface area (Å²) in [6.45, 7) is 5.53. The summed E-state index contributed by atoms with van der Waals surface area (Å²) in [5.41, 5.74) is 2.65. The van der Waals surface area contributed by atoms with E-state index in [1.807, 2.05) is 23.7 Å². The molecule has 0 unspecified atom stereocenters. The molecular formula is C14H18FN3. The Labute approximate surface area is 107 Å². The molecular weight excluding hydrogens is 229 g/mol. The molecule has 3 nitrogen and oxygen atoms in total. The quantitative estimate of drug-likeness (QED) is 0.878. The molecule has 2 aromatic rings. The molecule has 0 atom stereocenters. The van der Waals surface area contributed by atoms with Crippen LogP contribution in [-0.4, -0.2) is 9.78 Å². The molecule has 18 heavy (non-hydrogen) atoms. The molecule has 1 aromatic heterocycles. The second-order valence-electron chi connectivity index (χ2n) is 4.38. The molecule has 0 saturated heterocycles. The van der Waals surface area contributed by atoms with Gasteiger partial charge in [0.05, 0.1) is 17.9 Å². The highest BCUT2D eigenvalue weighted by Gasteiger charge is 2.04. The largest absolute Gasteiger partial charge is 0.377 e. The van der Waals surface area contributed by atoms with E-state index in [1.165, 1.54) is 6.07 Å². The van der Waals surface area contributed by atoms with Crippen LogP contribution < -0.4 is 5.32 Å². The Morgan fingerprint density at radius 1 is 1.33 bits per heavy atom. The first kappa shape index (κ1) is 12.6. The average molecular weight is 247 g/mol. The van der Waals surface area contributed by atoms with Gasteiger partial charge in [0.15, 0.2) is 0 Å². The van der Waals surface area contributed by atoms with Crippen molar-refractivity contribution in [1.29, 1.82) is 0 Å². The molecule has 0 radical (unpaired) electrons. The van der Waals surface area contributed by atoms with E-state index >= 15 is 0 Å². The lowest BCUT2D eigenvalue weighted by molar-refractivity contribution is 0.577. The third kappa shape index (κ3) is 2.88. The fraction of sp³-hybridized carbons (Fsp3) is 0.357. The SMILES string of the molecule is CCCn1nccc1CNc1cc(C)ccc1F. The fourth-order valence-electron chi connectivity index (χ4n) is 1.88. The van der Waals surface area contributed by atoms with Crippen LogP contribution in [0, 0.1) is 12.7 Å². The number of hydrogen-bond donors (Lipinski definition) is 1. The molecule has 0 aliphatic carbocycles. The number of halogens is 1. The highest BCUT2D eigenvalue weighted by molar-refractivity contribution is 5.47. The average Bonchev–Trinajstić information content (AvgIpc) is 2.78. The molecule has 2 rings (SSSR count). The third-order valence-corrected chi connectivity index (χ3v) is 2.82. The van der Waals surface area contributed by atoms with Gasteiger partial charge in [-0.2, -0.15) is 5.10 Å². The van der Waals surface area contributed by atoms with Crippen LogP contribution in [-0.2, 0) is 13.1 Å². The summed E-state index contributed by atoms with van der Waals surface area (Å²) in [6, 6.07) is 7.02. The Morgan fingerprint density at radius 2 is 2.17 bits per heavy atom. The van der Waals surface area contributed by atoms with Crippen LogP contribution in [0.3, 0.4) is 0 Å². The molecule has 4 heteroatoms. The van der Waals surface area contributed by atoms with Gasteiger partial charge in [0.2, 0.25) is 0 Å². The van der Waals surface area contributed by atoms with Crippen LogP contribution in [0.15, 0.2) is 30.5 Å². The lowest BCUT2D eigenvalue weighted by Crippen LogP contribution is -2.09. The predicted octanol–water partition coefficient (Wildman–Crippen LogP) is 3.35. The van der Waals surface area contributed by atoms with Crippen LogP contribution in [0.25, 0.3) is 0 Å². The first-order valence-corrected chi connectivity index (χ1v) is 6.21. The van der Waals surface area contributed by atoms with E-state index in [2.05, 4.69) is 17.3 Å². The Morgan fingerprint density at radius 3 is 2.94 bits per heavy atom. The Hall–Kier alpha value is -1.84. The summed E-state index contributed by atoms with van der Waals surface area (Å²) in [7, 11) is 0. The number of anilines is 1. The molecule has 0 spiro atoms. The molecule has 0 amide bonds. The molecule has 0 bridgehead atoms. The third-order valence-electron chi connectivity index (χ3n) is 2.82. The maximum atomic E-state index is 13.6. The van der Waals surface area contributed by atoms with E-state index in [4.69, 9.17) is 0 Å². The first-order chi connectivity index (χ1) is 8.70. The van der Waals surface area contributed by atoms with Crippen LogP contribution >= 0.6 is 0 Å². The van der Waals surface area contributed by atoms with Crippen molar-refractivity contribution in [3.8, 4) is 0 Å². The molecule has 0 aliphatic rings. The van der Waals surface area contributed by atoms with E-state index < -0.39 is 0 Å². The van der Waals surface area contributed by atoms with E-state index in [9.17, 15) is 4.39 Å². The molecule has 1 aromatic carbocycles. The zero-order valence-electron chi connectivity index (χ0n) is 10.8. The van der Waals surface area contributed by atoms with Crippen molar-refractivity contribution in [2.75, 3.05) is 5.32 Å². The Kier molecular flexibility index (Phi) is 3.97. The van der Waals surface area contributed by atoms with Crippen molar-refractivity contribution < 1.29 is 4.39 Å². The summed E-state index contributed by atoms with van der Waals surface area (Å²) < 4.78 is 15.5. The maximum Gasteiger partial charge on any atom is 0.146 e. The van der Waals surface area contributed by atoms with E-state index in [0.29, 0.717) is 12.2 Å². The van der Waals surface area contributed by atoms with Gasteiger partial charge in [-0.05, 0) is 37.1 Å². The highest BCUT2D eigenvalue weighted by atomic mass is 19.1. The number of benzene rings is 1. The lowest BCUT2D eigenvalue weighted by atomic mass is 10.2. The fourth-order valence-corrected chi connectivity index (χ4v) is 1.88. The monoisotopic (exact) mass is 247 g/mol. The number of nitrogens with zero attached hydrogens (tertiary/aromatic N) is 2. The summed E-state index contributed by atoms with van der Waals surface area (Å²) >= 11 is 0. The summed E-state index contributed by atoms with van der Waals surface area (Å²) in [4.78, 5) is 0. The smallest absolute Gasteiger partial charge is 0.146 e. The number of nitrogens with one attached hydrogen (secondary N) is 1. The number of aryl methyl sites for hydroxylation is 2. The normalized spacial score (nSPS) is 10.6. The zero-order chi connectivity index (χ0) is 13.0. The molecule has 1 heterocycles. The first-order valence-electron chi connectivity index (χ1n) is 6.21. The Balaban J connectivity index is 2.06. The van der Waals surface area contributed by atoms with E-state index in [1.54, 1.807) is 12.3 Å². The van der Waals surface area contributed by atoms with Crippen LogP contribution in [0.5, 0.6) is 0 Å². The van der Waals surface area contributed by atoms with Crippen molar-refractivity contribution in [1.82, 2.24) is 9.78 Å². The van der Waals surface area contributed by atoms with Crippen molar-refractivity contribution in [3.63, 3.8) is 0 Å². The van der Waals surface area contributed by atoms with Gasteiger partial charge in [0.1, 0.15) is 5.82 Å². The minimum absolute atomic E-state index is 0.220. The Bertz CT molecular complexity index is 520.